The van der Waals surface area contributed by atoms with E-state index in [1.165, 1.54) is 42.4 Å². The Balaban J connectivity index is 1.52. The van der Waals surface area contributed by atoms with Crippen molar-refractivity contribution < 1.29 is 4.79 Å². The number of nitrogens with zero attached hydrogens (tertiary/aromatic N) is 1. The number of carbonyl (C=O) groups is 1. The average Bonchev–Trinajstić information content (AvgIpc) is 3.01. The van der Waals surface area contributed by atoms with Crippen LogP contribution in [0.25, 0.3) is 5.57 Å². The Morgan fingerprint density at radius 3 is 2.85 bits per heavy atom. The van der Waals surface area contributed by atoms with Crippen LogP contribution in [0, 0.1) is 34.5 Å². The smallest absolute Gasteiger partial charge is 0.178 e. The minimum Gasteiger partial charge on any atom is -0.290 e. The highest BCUT2D eigenvalue weighted by molar-refractivity contribution is 6.01. The molecule has 1 aromatic heterocycles. The summed E-state index contributed by atoms with van der Waals surface area (Å²) in [4.78, 5) is 16.4. The van der Waals surface area contributed by atoms with E-state index in [1.54, 1.807) is 0 Å². The molecule has 0 bridgehead atoms. The Morgan fingerprint density at radius 2 is 2.07 bits per heavy atom. The molecule has 2 heteroatoms. The predicted molar refractivity (Wildman–Crippen MR) is 109 cm³/mol. The van der Waals surface area contributed by atoms with Crippen LogP contribution in [-0.2, 0) is 4.79 Å². The largest absolute Gasteiger partial charge is 0.290 e. The topological polar surface area (TPSA) is 30.0 Å². The first-order chi connectivity index (χ1) is 12.9. The van der Waals surface area contributed by atoms with Gasteiger partial charge in [0.1, 0.15) is 0 Å². The second kappa shape index (κ2) is 5.77. The van der Waals surface area contributed by atoms with Gasteiger partial charge in [0, 0.05) is 17.8 Å². The summed E-state index contributed by atoms with van der Waals surface area (Å²) in [6, 6.07) is 4.28. The zero-order valence-corrected chi connectivity index (χ0v) is 16.6. The molecule has 0 saturated heterocycles. The van der Waals surface area contributed by atoms with Gasteiger partial charge in [0.05, 0.1) is 0 Å². The van der Waals surface area contributed by atoms with Crippen molar-refractivity contribution in [3.63, 3.8) is 0 Å². The summed E-state index contributed by atoms with van der Waals surface area (Å²) in [5.74, 6) is 2.76. The van der Waals surface area contributed by atoms with Crippen LogP contribution in [0.15, 0.2) is 54.4 Å². The minimum absolute atomic E-state index is 0.0641. The number of allylic oxidation sites excluding steroid dienone is 6. The van der Waals surface area contributed by atoms with Crippen molar-refractivity contribution in [1.29, 1.82) is 0 Å². The lowest BCUT2D eigenvalue weighted by Crippen LogP contribution is -2.50. The summed E-state index contributed by atoms with van der Waals surface area (Å²) < 4.78 is 0. The van der Waals surface area contributed by atoms with Crippen LogP contribution in [0.5, 0.6) is 0 Å². The average molecular weight is 360 g/mol. The molecule has 0 aliphatic heterocycles. The number of rotatable bonds is 1. The fourth-order valence-electron chi connectivity index (χ4n) is 7.15. The quantitative estimate of drug-likeness (QED) is 0.650. The minimum atomic E-state index is 0.0641. The highest BCUT2D eigenvalue weighted by Crippen LogP contribution is 2.66. The molecule has 1 aromatic rings. The van der Waals surface area contributed by atoms with E-state index in [0.29, 0.717) is 17.8 Å². The SMILES string of the molecule is CC1CC2C(CC[C@]3(C)C(c4cccnc4)=CCC23)[C@@]2(C)C=CC(=O)C=C12. The standard InChI is InChI=1S/C25H29NO/c1-16-13-19-21-7-6-20(17-5-4-12-26-15-17)24(21,2)11-9-22(19)25(3)10-8-18(27)14-23(16)25/h4-6,8,10,12,14-16,19,21-22H,7,9,11,13H2,1-3H3/t16?,19?,21?,22?,24-,25-/m1/s1. The van der Waals surface area contributed by atoms with Crippen LogP contribution < -0.4 is 0 Å². The first-order valence-electron chi connectivity index (χ1n) is 10.5. The van der Waals surface area contributed by atoms with Gasteiger partial charge in [-0.05, 0) is 84.1 Å². The molecule has 0 amide bonds. The van der Waals surface area contributed by atoms with E-state index in [0.717, 1.165) is 5.92 Å². The molecular weight excluding hydrogens is 330 g/mol. The molecule has 4 aliphatic carbocycles. The van der Waals surface area contributed by atoms with Crippen LogP contribution in [-0.4, -0.2) is 10.8 Å². The summed E-state index contributed by atoms with van der Waals surface area (Å²) in [6.07, 6.45) is 17.3. The third-order valence-electron chi connectivity index (χ3n) is 8.43. The lowest BCUT2D eigenvalue weighted by Gasteiger charge is -2.58. The van der Waals surface area contributed by atoms with Crippen LogP contribution in [0.4, 0.5) is 0 Å². The van der Waals surface area contributed by atoms with Crippen LogP contribution in [0.1, 0.15) is 52.0 Å². The van der Waals surface area contributed by atoms with Gasteiger partial charge in [-0.3, -0.25) is 9.78 Å². The summed E-state index contributed by atoms with van der Waals surface area (Å²) in [5.41, 5.74) is 4.54. The van der Waals surface area contributed by atoms with Gasteiger partial charge in [0.25, 0.3) is 0 Å². The zero-order valence-electron chi connectivity index (χ0n) is 16.6. The molecule has 5 rings (SSSR count). The third-order valence-corrected chi connectivity index (χ3v) is 8.43. The number of hydrogen-bond acceptors (Lipinski definition) is 2. The highest BCUT2D eigenvalue weighted by atomic mass is 16.1. The van der Waals surface area contributed by atoms with Gasteiger partial charge in [0.15, 0.2) is 5.78 Å². The number of ketones is 1. The maximum absolute atomic E-state index is 12.0. The number of carbonyl (C=O) groups excluding carboxylic acids is 1. The second-order valence-electron chi connectivity index (χ2n) is 9.68. The van der Waals surface area contributed by atoms with Crippen molar-refractivity contribution in [2.75, 3.05) is 0 Å². The van der Waals surface area contributed by atoms with Gasteiger partial charge in [-0.1, -0.05) is 44.6 Å². The van der Waals surface area contributed by atoms with E-state index in [-0.39, 0.29) is 16.6 Å². The fraction of sp³-hybridized carbons (Fsp3) is 0.520. The molecule has 4 aliphatic rings. The molecule has 2 saturated carbocycles. The second-order valence-corrected chi connectivity index (χ2v) is 9.68. The molecular formula is C25H29NO. The predicted octanol–water partition coefficient (Wildman–Crippen LogP) is 5.63. The van der Waals surface area contributed by atoms with Crippen LogP contribution in [0.3, 0.4) is 0 Å². The van der Waals surface area contributed by atoms with Gasteiger partial charge >= 0.3 is 0 Å². The van der Waals surface area contributed by atoms with E-state index in [4.69, 9.17) is 0 Å². The van der Waals surface area contributed by atoms with Gasteiger partial charge in [-0.15, -0.1) is 0 Å². The van der Waals surface area contributed by atoms with E-state index in [9.17, 15) is 4.79 Å². The molecule has 4 unspecified atom stereocenters. The molecule has 6 atom stereocenters. The first kappa shape index (κ1) is 17.2. The van der Waals surface area contributed by atoms with Crippen molar-refractivity contribution in [2.24, 2.45) is 34.5 Å². The summed E-state index contributed by atoms with van der Waals surface area (Å²) in [6.45, 7) is 7.23. The molecule has 1 heterocycles. The Labute approximate surface area is 162 Å². The molecule has 27 heavy (non-hydrogen) atoms. The van der Waals surface area contributed by atoms with Crippen LogP contribution >= 0.6 is 0 Å². The van der Waals surface area contributed by atoms with E-state index in [2.05, 4.69) is 50.0 Å². The molecule has 0 radical (unpaired) electrons. The third kappa shape index (κ3) is 2.31. The maximum atomic E-state index is 12.0. The van der Waals surface area contributed by atoms with Gasteiger partial charge in [-0.2, -0.15) is 0 Å². The van der Waals surface area contributed by atoms with E-state index >= 15 is 0 Å². The van der Waals surface area contributed by atoms with Crippen LogP contribution in [0.2, 0.25) is 0 Å². The van der Waals surface area contributed by atoms with Gasteiger partial charge in [-0.25, -0.2) is 0 Å². The molecule has 0 aromatic carbocycles. The number of pyridine rings is 1. The zero-order chi connectivity index (χ0) is 18.8. The fourth-order valence-corrected chi connectivity index (χ4v) is 7.15. The molecule has 0 N–H and O–H groups in total. The van der Waals surface area contributed by atoms with Gasteiger partial charge in [0.2, 0.25) is 0 Å². The van der Waals surface area contributed by atoms with Crippen molar-refractivity contribution in [1.82, 2.24) is 4.98 Å². The molecule has 0 spiro atoms. The van der Waals surface area contributed by atoms with E-state index < -0.39 is 0 Å². The first-order valence-corrected chi connectivity index (χ1v) is 10.5. The Hall–Kier alpha value is -1.96. The number of hydrogen-bond donors (Lipinski definition) is 0. The van der Waals surface area contributed by atoms with E-state index in [1.807, 2.05) is 24.5 Å². The van der Waals surface area contributed by atoms with Crippen molar-refractivity contribution in [3.05, 3.63) is 60.0 Å². The lowest BCUT2D eigenvalue weighted by atomic mass is 9.46. The normalized spacial score (nSPS) is 42.7. The molecule has 2 fully saturated rings. The maximum Gasteiger partial charge on any atom is 0.178 e. The van der Waals surface area contributed by atoms with Crippen molar-refractivity contribution in [3.8, 4) is 0 Å². The Kier molecular flexibility index (Phi) is 3.67. The Morgan fingerprint density at radius 1 is 1.22 bits per heavy atom. The monoisotopic (exact) mass is 359 g/mol. The molecule has 2 nitrogen and oxygen atoms in total. The summed E-state index contributed by atoms with van der Waals surface area (Å²) >= 11 is 0. The molecule has 140 valence electrons. The van der Waals surface area contributed by atoms with Crippen molar-refractivity contribution >= 4 is 11.4 Å². The van der Waals surface area contributed by atoms with Crippen molar-refractivity contribution in [2.45, 2.75) is 46.5 Å². The van der Waals surface area contributed by atoms with Gasteiger partial charge < -0.3 is 0 Å². The lowest BCUT2D eigenvalue weighted by molar-refractivity contribution is -0.111. The summed E-state index contributed by atoms with van der Waals surface area (Å²) in [5, 5.41) is 0. The highest BCUT2D eigenvalue weighted by Gasteiger charge is 2.57. The summed E-state index contributed by atoms with van der Waals surface area (Å²) in [7, 11) is 0. The Bertz CT molecular complexity index is 879. The number of fused-ring (bicyclic) bond motifs is 5. The number of aromatic nitrogens is 1.